The van der Waals surface area contributed by atoms with Crippen LogP contribution < -0.4 is 15.4 Å². The number of ether oxygens (including phenoxy) is 1. The first-order chi connectivity index (χ1) is 11.3. The molecule has 7 nitrogen and oxygen atoms in total. The lowest BCUT2D eigenvalue weighted by Gasteiger charge is -2.13. The van der Waals surface area contributed by atoms with E-state index in [4.69, 9.17) is 4.74 Å². The Bertz CT molecular complexity index is 726. The fraction of sp³-hybridized carbons (Fsp3) is 0.375. The molecule has 24 heavy (non-hydrogen) atoms. The van der Waals surface area contributed by atoms with Crippen LogP contribution >= 0.6 is 15.9 Å². The highest BCUT2D eigenvalue weighted by molar-refractivity contribution is 9.10. The van der Waals surface area contributed by atoms with Crippen molar-refractivity contribution in [3.63, 3.8) is 0 Å². The lowest BCUT2D eigenvalue weighted by atomic mass is 10.2. The van der Waals surface area contributed by atoms with E-state index in [2.05, 4.69) is 36.5 Å². The van der Waals surface area contributed by atoms with Crippen molar-refractivity contribution in [1.29, 1.82) is 0 Å². The van der Waals surface area contributed by atoms with Crippen molar-refractivity contribution < 1.29 is 14.6 Å². The normalized spacial score (nSPS) is 11.9. The van der Waals surface area contributed by atoms with Gasteiger partial charge in [0, 0.05) is 12.2 Å². The number of methoxy groups -OCH3 is 1. The Morgan fingerprint density at radius 2 is 2.17 bits per heavy atom. The summed E-state index contributed by atoms with van der Waals surface area (Å²) in [6.07, 6.45) is 0. The van der Waals surface area contributed by atoms with Crippen LogP contribution in [-0.4, -0.2) is 28.2 Å². The molecule has 4 N–H and O–H groups in total. The van der Waals surface area contributed by atoms with E-state index in [9.17, 15) is 9.90 Å². The quantitative estimate of drug-likeness (QED) is 0.623. The topological polar surface area (TPSA) is 99.3 Å². The van der Waals surface area contributed by atoms with E-state index in [1.54, 1.807) is 12.1 Å². The number of hydrogen-bond acceptors (Lipinski definition) is 4. The van der Waals surface area contributed by atoms with Crippen LogP contribution in [0, 0.1) is 13.8 Å². The minimum atomic E-state index is -0.308. The molecule has 0 fully saturated rings. The van der Waals surface area contributed by atoms with Crippen molar-refractivity contribution in [2.45, 2.75) is 33.4 Å². The number of urea groups is 1. The number of carbonyl (C=O) groups excluding carboxylic acids is 1. The van der Waals surface area contributed by atoms with Gasteiger partial charge in [-0.2, -0.15) is 0 Å². The Labute approximate surface area is 149 Å². The minimum absolute atomic E-state index is 0.0304. The van der Waals surface area contributed by atoms with Crippen LogP contribution in [0.2, 0.25) is 0 Å². The molecule has 1 aromatic heterocycles. The van der Waals surface area contributed by atoms with Crippen LogP contribution in [0.4, 0.5) is 4.79 Å². The number of aromatic nitrogens is 2. The van der Waals surface area contributed by atoms with Crippen molar-refractivity contribution in [3.8, 4) is 11.5 Å². The van der Waals surface area contributed by atoms with Crippen molar-refractivity contribution in [3.05, 3.63) is 39.4 Å². The van der Waals surface area contributed by atoms with Crippen LogP contribution in [0.5, 0.6) is 11.5 Å². The number of aromatic hydroxyl groups is 1. The van der Waals surface area contributed by atoms with E-state index >= 15 is 0 Å². The average Bonchev–Trinajstić information content (AvgIpc) is 2.88. The first-order valence-corrected chi connectivity index (χ1v) is 8.24. The molecular formula is C16H21BrN4O3. The van der Waals surface area contributed by atoms with E-state index in [1.165, 1.54) is 7.11 Å². The Kier molecular flexibility index (Phi) is 5.71. The zero-order chi connectivity index (χ0) is 17.9. The molecule has 0 aliphatic rings. The number of rotatable bonds is 5. The van der Waals surface area contributed by atoms with Gasteiger partial charge >= 0.3 is 6.03 Å². The molecule has 1 atom stereocenters. The zero-order valence-corrected chi connectivity index (χ0v) is 15.6. The predicted molar refractivity (Wildman–Crippen MR) is 94.2 cm³/mol. The minimum Gasteiger partial charge on any atom is -0.503 e. The van der Waals surface area contributed by atoms with Gasteiger partial charge < -0.3 is 25.5 Å². The van der Waals surface area contributed by atoms with Gasteiger partial charge in [0.05, 0.1) is 23.3 Å². The Morgan fingerprint density at radius 3 is 2.75 bits per heavy atom. The second-order valence-electron chi connectivity index (χ2n) is 5.51. The second-order valence-corrected chi connectivity index (χ2v) is 6.36. The van der Waals surface area contributed by atoms with Crippen LogP contribution in [0.15, 0.2) is 16.6 Å². The fourth-order valence-electron chi connectivity index (χ4n) is 2.16. The molecule has 2 rings (SSSR count). The van der Waals surface area contributed by atoms with Crippen molar-refractivity contribution in [2.24, 2.45) is 0 Å². The third kappa shape index (κ3) is 4.19. The zero-order valence-electron chi connectivity index (χ0n) is 14.0. The summed E-state index contributed by atoms with van der Waals surface area (Å²) >= 11 is 3.25. The van der Waals surface area contributed by atoms with Crippen LogP contribution in [0.3, 0.4) is 0 Å². The maximum Gasteiger partial charge on any atom is 0.315 e. The number of H-pyrrole nitrogens is 1. The van der Waals surface area contributed by atoms with E-state index in [0.717, 1.165) is 17.0 Å². The summed E-state index contributed by atoms with van der Waals surface area (Å²) in [5, 5.41) is 15.4. The molecular weight excluding hydrogens is 376 g/mol. The summed E-state index contributed by atoms with van der Waals surface area (Å²) in [6.45, 7) is 6.01. The van der Waals surface area contributed by atoms with Gasteiger partial charge in [0.2, 0.25) is 0 Å². The molecule has 0 saturated heterocycles. The number of phenolic OH excluding ortho intramolecular Hbond substituents is 1. The molecule has 130 valence electrons. The first kappa shape index (κ1) is 18.1. The van der Waals surface area contributed by atoms with E-state index in [1.807, 2.05) is 20.8 Å². The molecule has 0 saturated carbocycles. The van der Waals surface area contributed by atoms with Crippen molar-refractivity contribution >= 4 is 22.0 Å². The van der Waals surface area contributed by atoms with Gasteiger partial charge in [0.15, 0.2) is 11.5 Å². The summed E-state index contributed by atoms with van der Waals surface area (Å²) in [7, 11) is 1.47. The van der Waals surface area contributed by atoms with Gasteiger partial charge in [-0.3, -0.25) is 0 Å². The molecule has 2 amide bonds. The molecule has 1 heterocycles. The number of amides is 2. The van der Waals surface area contributed by atoms with Crippen LogP contribution in [-0.2, 0) is 6.54 Å². The number of aryl methyl sites for hydroxylation is 2. The molecule has 0 aliphatic carbocycles. The number of hydrogen-bond donors (Lipinski definition) is 4. The number of halogens is 1. The number of nitrogens with zero attached hydrogens (tertiary/aromatic N) is 1. The second kappa shape index (κ2) is 7.57. The largest absolute Gasteiger partial charge is 0.503 e. The van der Waals surface area contributed by atoms with Crippen molar-refractivity contribution in [2.75, 3.05) is 7.11 Å². The highest BCUT2D eigenvalue weighted by Crippen LogP contribution is 2.35. The summed E-state index contributed by atoms with van der Waals surface area (Å²) < 4.78 is 5.60. The number of nitrogens with one attached hydrogen (secondary N) is 3. The number of imidazole rings is 1. The summed E-state index contributed by atoms with van der Waals surface area (Å²) in [5.41, 5.74) is 2.70. The van der Waals surface area contributed by atoms with Crippen LogP contribution in [0.25, 0.3) is 0 Å². The van der Waals surface area contributed by atoms with Crippen molar-refractivity contribution in [1.82, 2.24) is 20.6 Å². The number of phenols is 1. The standard InChI is InChI=1S/C16H21BrN4O3/c1-8-9(2)20-15(19-8)10(3)21-16(23)18-7-11-5-12(17)14(22)13(6-11)24-4/h5-6,10,22H,7H2,1-4H3,(H,19,20)(H2,18,21,23). The number of benzene rings is 1. The first-order valence-electron chi connectivity index (χ1n) is 7.44. The van der Waals surface area contributed by atoms with E-state index < -0.39 is 0 Å². The molecule has 0 radical (unpaired) electrons. The van der Waals surface area contributed by atoms with Gasteiger partial charge in [-0.25, -0.2) is 9.78 Å². The maximum atomic E-state index is 12.0. The Balaban J connectivity index is 1.94. The van der Waals surface area contributed by atoms with E-state index in [0.29, 0.717) is 22.6 Å². The molecule has 2 aromatic rings. The van der Waals surface area contributed by atoms with Crippen LogP contribution in [0.1, 0.15) is 35.7 Å². The Morgan fingerprint density at radius 1 is 1.46 bits per heavy atom. The molecule has 0 aliphatic heterocycles. The third-order valence-electron chi connectivity index (χ3n) is 3.67. The Hall–Kier alpha value is -2.22. The summed E-state index contributed by atoms with van der Waals surface area (Å²) in [6, 6.07) is 2.85. The lowest BCUT2D eigenvalue weighted by molar-refractivity contribution is 0.237. The monoisotopic (exact) mass is 396 g/mol. The number of aromatic amines is 1. The summed E-state index contributed by atoms with van der Waals surface area (Å²) in [5.74, 6) is 1.09. The van der Waals surface area contributed by atoms with Gasteiger partial charge in [-0.1, -0.05) is 0 Å². The average molecular weight is 397 g/mol. The van der Waals surface area contributed by atoms with Gasteiger partial charge in [0.25, 0.3) is 0 Å². The molecule has 0 bridgehead atoms. The maximum absolute atomic E-state index is 12.0. The molecule has 1 unspecified atom stereocenters. The molecule has 1 aromatic carbocycles. The lowest BCUT2D eigenvalue weighted by Crippen LogP contribution is -2.37. The SMILES string of the molecule is COc1cc(CNC(=O)NC(C)c2nc(C)c(C)[nH]2)cc(Br)c1O. The predicted octanol–water partition coefficient (Wildman–Crippen LogP) is 3.06. The smallest absolute Gasteiger partial charge is 0.315 e. The number of carbonyl (C=O) groups is 1. The van der Waals surface area contributed by atoms with E-state index in [-0.39, 0.29) is 17.8 Å². The van der Waals surface area contributed by atoms with Gasteiger partial charge in [-0.05, 0) is 54.4 Å². The molecule has 0 spiro atoms. The molecule has 8 heteroatoms. The summed E-state index contributed by atoms with van der Waals surface area (Å²) in [4.78, 5) is 19.6. The van der Waals surface area contributed by atoms with Gasteiger partial charge in [-0.15, -0.1) is 0 Å². The highest BCUT2D eigenvalue weighted by atomic mass is 79.9. The van der Waals surface area contributed by atoms with Gasteiger partial charge in [0.1, 0.15) is 5.82 Å². The third-order valence-corrected chi connectivity index (χ3v) is 4.27. The fourth-order valence-corrected chi connectivity index (χ4v) is 2.65. The highest BCUT2D eigenvalue weighted by Gasteiger charge is 2.14.